The lowest BCUT2D eigenvalue weighted by molar-refractivity contribution is 0.102. The van der Waals surface area contributed by atoms with Crippen LogP contribution in [0, 0.1) is 12.7 Å². The van der Waals surface area contributed by atoms with Crippen LogP contribution in [0.3, 0.4) is 0 Å². The summed E-state index contributed by atoms with van der Waals surface area (Å²) >= 11 is 9.04. The van der Waals surface area contributed by atoms with Crippen molar-refractivity contribution in [2.24, 2.45) is 0 Å². The van der Waals surface area contributed by atoms with E-state index in [2.05, 4.69) is 21.2 Å². The molecule has 2 aromatic rings. The van der Waals surface area contributed by atoms with Crippen molar-refractivity contribution < 1.29 is 9.18 Å². The highest BCUT2D eigenvalue weighted by Gasteiger charge is 2.16. The standard InChI is InChI=1S/C14H10BrClFNO/c1-8-5-6-9(16)7-12(8)18-14(19)13-10(15)3-2-4-11(13)17/h2-7H,1H3,(H,18,19). The Hall–Kier alpha value is -1.39. The Morgan fingerprint density at radius 2 is 2.05 bits per heavy atom. The van der Waals surface area contributed by atoms with Crippen molar-refractivity contribution in [2.45, 2.75) is 6.92 Å². The summed E-state index contributed by atoms with van der Waals surface area (Å²) in [4.78, 5) is 12.1. The van der Waals surface area contributed by atoms with Gasteiger partial charge in [0.05, 0.1) is 5.56 Å². The summed E-state index contributed by atoms with van der Waals surface area (Å²) in [7, 11) is 0. The van der Waals surface area contributed by atoms with E-state index in [4.69, 9.17) is 11.6 Å². The van der Waals surface area contributed by atoms with Crippen molar-refractivity contribution in [1.29, 1.82) is 0 Å². The Morgan fingerprint density at radius 1 is 1.32 bits per heavy atom. The molecule has 2 aromatic carbocycles. The van der Waals surface area contributed by atoms with Crippen LogP contribution in [0.25, 0.3) is 0 Å². The Morgan fingerprint density at radius 3 is 2.74 bits per heavy atom. The van der Waals surface area contributed by atoms with Gasteiger partial charge in [0, 0.05) is 15.2 Å². The first-order valence-corrected chi connectivity index (χ1v) is 6.67. The summed E-state index contributed by atoms with van der Waals surface area (Å²) in [6.07, 6.45) is 0. The summed E-state index contributed by atoms with van der Waals surface area (Å²) in [5, 5.41) is 3.16. The second kappa shape index (κ2) is 5.72. The number of anilines is 1. The number of aryl methyl sites for hydroxylation is 1. The highest BCUT2D eigenvalue weighted by molar-refractivity contribution is 9.10. The molecular weight excluding hydrogens is 333 g/mol. The van der Waals surface area contributed by atoms with E-state index in [1.807, 2.05) is 6.92 Å². The van der Waals surface area contributed by atoms with Gasteiger partial charge in [-0.2, -0.15) is 0 Å². The zero-order chi connectivity index (χ0) is 14.0. The van der Waals surface area contributed by atoms with E-state index in [0.29, 0.717) is 15.2 Å². The van der Waals surface area contributed by atoms with Gasteiger partial charge >= 0.3 is 0 Å². The Labute approximate surface area is 123 Å². The molecule has 0 spiro atoms. The molecule has 0 bridgehead atoms. The van der Waals surface area contributed by atoms with Gasteiger partial charge in [-0.05, 0) is 52.7 Å². The summed E-state index contributed by atoms with van der Waals surface area (Å²) in [5.74, 6) is -1.10. The second-order valence-corrected chi connectivity index (χ2v) is 5.30. The third-order valence-corrected chi connectivity index (χ3v) is 3.53. The van der Waals surface area contributed by atoms with Gasteiger partial charge in [0.15, 0.2) is 0 Å². The SMILES string of the molecule is Cc1ccc(Cl)cc1NC(=O)c1c(F)cccc1Br. The number of carbonyl (C=O) groups is 1. The summed E-state index contributed by atoms with van der Waals surface area (Å²) in [5.41, 5.74) is 1.39. The van der Waals surface area contributed by atoms with Gasteiger partial charge in [0.2, 0.25) is 0 Å². The molecule has 0 aliphatic heterocycles. The molecule has 98 valence electrons. The number of hydrogen-bond donors (Lipinski definition) is 1. The fraction of sp³-hybridized carbons (Fsp3) is 0.0714. The molecule has 5 heteroatoms. The molecule has 0 aliphatic carbocycles. The van der Waals surface area contributed by atoms with Gasteiger partial charge in [0.1, 0.15) is 5.82 Å². The minimum absolute atomic E-state index is 0.0260. The molecule has 2 rings (SSSR count). The number of benzene rings is 2. The summed E-state index contributed by atoms with van der Waals surface area (Å²) < 4.78 is 14.1. The van der Waals surface area contributed by atoms with Gasteiger partial charge in [0.25, 0.3) is 5.91 Å². The highest BCUT2D eigenvalue weighted by Crippen LogP contribution is 2.24. The van der Waals surface area contributed by atoms with Crippen LogP contribution in [0.5, 0.6) is 0 Å². The molecule has 1 amide bonds. The first-order chi connectivity index (χ1) is 8.99. The maximum Gasteiger partial charge on any atom is 0.259 e. The number of halogens is 3. The predicted octanol–water partition coefficient (Wildman–Crippen LogP) is 4.80. The fourth-order valence-corrected chi connectivity index (χ4v) is 2.32. The third kappa shape index (κ3) is 3.14. The maximum absolute atomic E-state index is 13.7. The molecule has 0 aromatic heterocycles. The minimum Gasteiger partial charge on any atom is -0.322 e. The smallest absolute Gasteiger partial charge is 0.259 e. The quantitative estimate of drug-likeness (QED) is 0.834. The van der Waals surface area contributed by atoms with E-state index in [1.54, 1.807) is 24.3 Å². The molecule has 0 unspecified atom stereocenters. The van der Waals surface area contributed by atoms with Crippen LogP contribution >= 0.6 is 27.5 Å². The molecule has 0 saturated heterocycles. The molecule has 1 N–H and O–H groups in total. The van der Waals surface area contributed by atoms with E-state index in [0.717, 1.165) is 5.56 Å². The third-order valence-electron chi connectivity index (χ3n) is 2.64. The van der Waals surface area contributed by atoms with Gasteiger partial charge in [-0.1, -0.05) is 23.7 Å². The second-order valence-electron chi connectivity index (χ2n) is 4.01. The molecule has 2 nitrogen and oxygen atoms in total. The van der Waals surface area contributed by atoms with Crippen molar-refractivity contribution in [1.82, 2.24) is 0 Å². The van der Waals surface area contributed by atoms with E-state index < -0.39 is 11.7 Å². The lowest BCUT2D eigenvalue weighted by Gasteiger charge is -2.10. The van der Waals surface area contributed by atoms with Gasteiger partial charge in [-0.3, -0.25) is 4.79 Å². The Balaban J connectivity index is 2.34. The number of carbonyl (C=O) groups excluding carboxylic acids is 1. The van der Waals surface area contributed by atoms with E-state index >= 15 is 0 Å². The van der Waals surface area contributed by atoms with Gasteiger partial charge in [-0.25, -0.2) is 4.39 Å². The lowest BCUT2D eigenvalue weighted by atomic mass is 10.1. The van der Waals surface area contributed by atoms with E-state index in [-0.39, 0.29) is 5.56 Å². The Kier molecular flexibility index (Phi) is 4.22. The lowest BCUT2D eigenvalue weighted by Crippen LogP contribution is -2.15. The van der Waals surface area contributed by atoms with Gasteiger partial charge in [-0.15, -0.1) is 0 Å². The van der Waals surface area contributed by atoms with Crippen LogP contribution in [0.4, 0.5) is 10.1 Å². The first-order valence-electron chi connectivity index (χ1n) is 5.50. The molecule has 0 radical (unpaired) electrons. The summed E-state index contributed by atoms with van der Waals surface area (Å²) in [6, 6.07) is 9.53. The predicted molar refractivity (Wildman–Crippen MR) is 78.2 cm³/mol. The number of nitrogens with one attached hydrogen (secondary N) is 1. The highest BCUT2D eigenvalue weighted by atomic mass is 79.9. The van der Waals surface area contributed by atoms with Crippen LogP contribution in [0.1, 0.15) is 15.9 Å². The molecule has 19 heavy (non-hydrogen) atoms. The maximum atomic E-state index is 13.7. The van der Waals surface area contributed by atoms with Crippen LogP contribution in [-0.4, -0.2) is 5.91 Å². The van der Waals surface area contributed by atoms with Crippen molar-refractivity contribution in [3.8, 4) is 0 Å². The van der Waals surface area contributed by atoms with Crippen molar-refractivity contribution in [3.05, 3.63) is 62.8 Å². The zero-order valence-corrected chi connectivity index (χ0v) is 12.3. The molecule has 0 heterocycles. The van der Waals surface area contributed by atoms with E-state index in [1.165, 1.54) is 12.1 Å². The van der Waals surface area contributed by atoms with Crippen molar-refractivity contribution in [3.63, 3.8) is 0 Å². The van der Waals surface area contributed by atoms with Crippen LogP contribution in [-0.2, 0) is 0 Å². The van der Waals surface area contributed by atoms with Crippen LogP contribution in [0.2, 0.25) is 5.02 Å². The first kappa shape index (κ1) is 14.0. The van der Waals surface area contributed by atoms with E-state index in [9.17, 15) is 9.18 Å². The van der Waals surface area contributed by atoms with Crippen LogP contribution < -0.4 is 5.32 Å². The topological polar surface area (TPSA) is 29.1 Å². The Bertz CT molecular complexity index is 625. The minimum atomic E-state index is -0.577. The van der Waals surface area contributed by atoms with Gasteiger partial charge < -0.3 is 5.32 Å². The van der Waals surface area contributed by atoms with Crippen LogP contribution in [0.15, 0.2) is 40.9 Å². The van der Waals surface area contributed by atoms with Crippen molar-refractivity contribution >= 4 is 39.1 Å². The molecule has 0 fully saturated rings. The molecular formula is C14H10BrClFNO. The normalized spacial score (nSPS) is 10.3. The average molecular weight is 343 g/mol. The summed E-state index contributed by atoms with van der Waals surface area (Å²) in [6.45, 7) is 1.84. The largest absolute Gasteiger partial charge is 0.322 e. The number of hydrogen-bond acceptors (Lipinski definition) is 1. The number of amides is 1. The zero-order valence-electron chi connectivity index (χ0n) is 10.0. The fourth-order valence-electron chi connectivity index (χ4n) is 1.63. The average Bonchev–Trinajstić information content (AvgIpc) is 2.33. The molecule has 0 saturated carbocycles. The number of rotatable bonds is 2. The molecule has 0 atom stereocenters. The molecule has 0 aliphatic rings. The monoisotopic (exact) mass is 341 g/mol. The van der Waals surface area contributed by atoms with Crippen molar-refractivity contribution in [2.75, 3.05) is 5.32 Å².